The molecular formula is C19H20O4. The molecule has 120 valence electrons. The Labute approximate surface area is 135 Å². The van der Waals surface area contributed by atoms with E-state index < -0.39 is 0 Å². The van der Waals surface area contributed by atoms with Crippen molar-refractivity contribution in [3.63, 3.8) is 0 Å². The number of carbonyl (C=O) groups is 1. The maximum atomic E-state index is 12.2. The van der Waals surface area contributed by atoms with Crippen LogP contribution in [0, 0.1) is 0 Å². The largest absolute Gasteiger partial charge is 0.508 e. The highest BCUT2D eigenvalue weighted by molar-refractivity contribution is 6.07. The van der Waals surface area contributed by atoms with Crippen LogP contribution in [-0.2, 0) is 6.42 Å². The van der Waals surface area contributed by atoms with Crippen molar-refractivity contribution in [3.05, 3.63) is 59.2 Å². The fraction of sp³-hybridized carbons (Fsp3) is 0.211. The number of methoxy groups -OCH3 is 1. The van der Waals surface area contributed by atoms with Crippen LogP contribution in [0.1, 0.15) is 34.8 Å². The Hall–Kier alpha value is -2.75. The fourth-order valence-electron chi connectivity index (χ4n) is 2.33. The molecule has 0 aliphatic rings. The zero-order chi connectivity index (χ0) is 16.8. The van der Waals surface area contributed by atoms with Gasteiger partial charge in [0.2, 0.25) is 0 Å². The van der Waals surface area contributed by atoms with E-state index in [0.717, 1.165) is 18.4 Å². The molecule has 0 radical (unpaired) electrons. The van der Waals surface area contributed by atoms with Crippen LogP contribution in [0.25, 0.3) is 6.08 Å². The summed E-state index contributed by atoms with van der Waals surface area (Å²) in [6, 6.07) is 9.63. The molecule has 0 saturated heterocycles. The summed E-state index contributed by atoms with van der Waals surface area (Å²) in [6.07, 6.45) is 4.61. The number of ether oxygens (including phenoxy) is 1. The normalized spacial score (nSPS) is 10.9. The van der Waals surface area contributed by atoms with Crippen LogP contribution in [0.4, 0.5) is 0 Å². The molecule has 0 aromatic heterocycles. The van der Waals surface area contributed by atoms with Crippen molar-refractivity contribution < 1.29 is 19.7 Å². The van der Waals surface area contributed by atoms with Crippen molar-refractivity contribution in [3.8, 4) is 17.2 Å². The number of hydrogen-bond donors (Lipinski definition) is 2. The molecular weight excluding hydrogens is 292 g/mol. The Morgan fingerprint density at radius 3 is 2.43 bits per heavy atom. The Morgan fingerprint density at radius 1 is 1.13 bits per heavy atom. The molecule has 23 heavy (non-hydrogen) atoms. The molecule has 4 heteroatoms. The molecule has 0 fully saturated rings. The van der Waals surface area contributed by atoms with Crippen molar-refractivity contribution in [2.24, 2.45) is 0 Å². The summed E-state index contributed by atoms with van der Waals surface area (Å²) in [7, 11) is 1.52. The molecule has 0 atom stereocenters. The molecule has 4 nitrogen and oxygen atoms in total. The highest BCUT2D eigenvalue weighted by atomic mass is 16.5. The molecule has 2 rings (SSSR count). The molecule has 2 N–H and O–H groups in total. The second kappa shape index (κ2) is 7.49. The number of ketones is 1. The van der Waals surface area contributed by atoms with Gasteiger partial charge in [0.1, 0.15) is 17.2 Å². The third-order valence-corrected chi connectivity index (χ3v) is 3.55. The molecule has 2 aromatic carbocycles. The number of aromatic hydroxyl groups is 2. The summed E-state index contributed by atoms with van der Waals surface area (Å²) in [4.78, 5) is 12.2. The number of hydrogen-bond acceptors (Lipinski definition) is 4. The van der Waals surface area contributed by atoms with Gasteiger partial charge in [0.25, 0.3) is 0 Å². The Bertz CT molecular complexity index is 715. The molecule has 0 unspecified atom stereocenters. The summed E-state index contributed by atoms with van der Waals surface area (Å²) < 4.78 is 5.26. The lowest BCUT2D eigenvalue weighted by Gasteiger charge is -2.11. The zero-order valence-corrected chi connectivity index (χ0v) is 13.2. The molecule has 0 aliphatic heterocycles. The van der Waals surface area contributed by atoms with Crippen molar-refractivity contribution in [1.29, 1.82) is 0 Å². The second-order valence-electron chi connectivity index (χ2n) is 5.18. The SMILES string of the molecule is CCCc1ccc(OC)c(C=CC(=O)c2ccc(O)cc2)c1O. The highest BCUT2D eigenvalue weighted by Crippen LogP contribution is 2.33. The minimum Gasteiger partial charge on any atom is -0.508 e. The number of phenolic OH excluding ortho intramolecular Hbond substituents is 2. The average Bonchev–Trinajstić information content (AvgIpc) is 2.56. The van der Waals surface area contributed by atoms with Crippen LogP contribution in [-0.4, -0.2) is 23.1 Å². The van der Waals surface area contributed by atoms with Crippen LogP contribution in [0.2, 0.25) is 0 Å². The van der Waals surface area contributed by atoms with Gasteiger partial charge in [0, 0.05) is 5.56 Å². The monoisotopic (exact) mass is 312 g/mol. The van der Waals surface area contributed by atoms with Gasteiger partial charge in [-0.3, -0.25) is 4.79 Å². The van der Waals surface area contributed by atoms with E-state index in [0.29, 0.717) is 16.9 Å². The highest BCUT2D eigenvalue weighted by Gasteiger charge is 2.11. The predicted molar refractivity (Wildman–Crippen MR) is 90.1 cm³/mol. The van der Waals surface area contributed by atoms with Crippen LogP contribution in [0.15, 0.2) is 42.5 Å². The summed E-state index contributed by atoms with van der Waals surface area (Å²) in [5.74, 6) is 0.544. The minimum atomic E-state index is -0.215. The van der Waals surface area contributed by atoms with Crippen molar-refractivity contribution in [1.82, 2.24) is 0 Å². The minimum absolute atomic E-state index is 0.108. The topological polar surface area (TPSA) is 66.8 Å². The molecule has 0 spiro atoms. The van der Waals surface area contributed by atoms with Crippen molar-refractivity contribution in [2.45, 2.75) is 19.8 Å². The van der Waals surface area contributed by atoms with E-state index in [1.165, 1.54) is 25.3 Å². The third-order valence-electron chi connectivity index (χ3n) is 3.55. The van der Waals surface area contributed by atoms with Gasteiger partial charge in [-0.25, -0.2) is 0 Å². The molecule has 0 amide bonds. The van der Waals surface area contributed by atoms with Crippen LogP contribution >= 0.6 is 0 Å². The summed E-state index contributed by atoms with van der Waals surface area (Å²) >= 11 is 0. The fourth-order valence-corrected chi connectivity index (χ4v) is 2.33. The van der Waals surface area contributed by atoms with Crippen molar-refractivity contribution in [2.75, 3.05) is 7.11 Å². The summed E-state index contributed by atoms with van der Waals surface area (Å²) in [5, 5.41) is 19.6. The summed E-state index contributed by atoms with van der Waals surface area (Å²) in [6.45, 7) is 2.04. The Morgan fingerprint density at radius 2 is 1.83 bits per heavy atom. The maximum absolute atomic E-state index is 12.2. The van der Waals surface area contributed by atoms with E-state index in [9.17, 15) is 15.0 Å². The number of benzene rings is 2. The van der Waals surface area contributed by atoms with Crippen LogP contribution in [0.5, 0.6) is 17.2 Å². The Balaban J connectivity index is 2.32. The molecule has 0 saturated carbocycles. The lowest BCUT2D eigenvalue weighted by atomic mass is 10.0. The van der Waals surface area contributed by atoms with Gasteiger partial charge >= 0.3 is 0 Å². The van der Waals surface area contributed by atoms with E-state index in [1.54, 1.807) is 24.3 Å². The number of carbonyl (C=O) groups excluding carboxylic acids is 1. The van der Waals surface area contributed by atoms with E-state index in [4.69, 9.17) is 4.74 Å². The molecule has 0 bridgehead atoms. The molecule has 0 heterocycles. The molecule has 2 aromatic rings. The first-order valence-corrected chi connectivity index (χ1v) is 7.47. The van der Waals surface area contributed by atoms with Gasteiger partial charge in [-0.05, 0) is 54.5 Å². The predicted octanol–water partition coefficient (Wildman–Crippen LogP) is 3.96. The standard InChI is InChI=1S/C19H20O4/c1-3-4-14-7-12-18(23-2)16(19(14)22)10-11-17(21)13-5-8-15(20)9-6-13/h5-12,20,22H,3-4H2,1-2H3. The van der Waals surface area contributed by atoms with Crippen molar-refractivity contribution >= 4 is 11.9 Å². The average molecular weight is 312 g/mol. The zero-order valence-electron chi connectivity index (χ0n) is 13.2. The van der Waals surface area contributed by atoms with Gasteiger partial charge in [-0.2, -0.15) is 0 Å². The first kappa shape index (κ1) is 16.6. The van der Waals surface area contributed by atoms with Crippen LogP contribution < -0.4 is 4.74 Å². The molecule has 0 aliphatic carbocycles. The third kappa shape index (κ3) is 3.92. The van der Waals surface area contributed by atoms with Gasteiger partial charge < -0.3 is 14.9 Å². The van der Waals surface area contributed by atoms with Gasteiger partial charge in [0.05, 0.1) is 12.7 Å². The lowest BCUT2D eigenvalue weighted by molar-refractivity contribution is 0.104. The first-order valence-electron chi connectivity index (χ1n) is 7.47. The number of rotatable bonds is 6. The number of aryl methyl sites for hydroxylation is 1. The van der Waals surface area contributed by atoms with Gasteiger partial charge in [0.15, 0.2) is 5.78 Å². The summed E-state index contributed by atoms with van der Waals surface area (Å²) in [5.41, 5.74) is 1.78. The van der Waals surface area contributed by atoms with Crippen LogP contribution in [0.3, 0.4) is 0 Å². The van der Waals surface area contributed by atoms with E-state index in [1.807, 2.05) is 13.0 Å². The van der Waals surface area contributed by atoms with E-state index in [-0.39, 0.29) is 17.3 Å². The first-order chi connectivity index (χ1) is 11.1. The number of phenols is 2. The second-order valence-corrected chi connectivity index (χ2v) is 5.18. The Kier molecular flexibility index (Phi) is 5.41. The lowest BCUT2D eigenvalue weighted by Crippen LogP contribution is -1.95. The van der Waals surface area contributed by atoms with Gasteiger partial charge in [-0.15, -0.1) is 0 Å². The maximum Gasteiger partial charge on any atom is 0.185 e. The quantitative estimate of drug-likeness (QED) is 0.626. The van der Waals surface area contributed by atoms with E-state index >= 15 is 0 Å². The number of allylic oxidation sites excluding steroid dienone is 1. The smallest absolute Gasteiger partial charge is 0.185 e. The van der Waals surface area contributed by atoms with E-state index in [2.05, 4.69) is 0 Å². The van der Waals surface area contributed by atoms with Gasteiger partial charge in [-0.1, -0.05) is 19.4 Å².